The van der Waals surface area contributed by atoms with E-state index in [0.717, 1.165) is 37.4 Å². The van der Waals surface area contributed by atoms with Crippen molar-refractivity contribution < 1.29 is 9.53 Å². The van der Waals surface area contributed by atoms with E-state index in [1.807, 2.05) is 47.5 Å². The number of piperidine rings is 1. The lowest BCUT2D eigenvalue weighted by atomic mass is 9.89. The molecule has 4 rings (SSSR count). The smallest absolute Gasteiger partial charge is 0.249 e. The molecule has 2 aliphatic heterocycles. The average Bonchev–Trinajstić information content (AvgIpc) is 2.67. The summed E-state index contributed by atoms with van der Waals surface area (Å²) in [6.07, 6.45) is 5.39. The maximum absolute atomic E-state index is 12.3. The van der Waals surface area contributed by atoms with Gasteiger partial charge in [-0.2, -0.15) is 0 Å². The largest absolute Gasteiger partial charge is 0.363 e. The Kier molecular flexibility index (Phi) is 4.36. The summed E-state index contributed by atoms with van der Waals surface area (Å²) in [7, 11) is 0. The molecule has 0 aromatic carbocycles. The van der Waals surface area contributed by atoms with E-state index in [1.165, 1.54) is 0 Å². The highest BCUT2D eigenvalue weighted by atomic mass is 16.5. The van der Waals surface area contributed by atoms with Gasteiger partial charge in [0.1, 0.15) is 12.4 Å². The number of hydrogen-bond acceptors (Lipinski definition) is 5. The molecule has 2 aromatic rings. The van der Waals surface area contributed by atoms with E-state index in [0.29, 0.717) is 13.1 Å². The number of hydrogen-bond donors (Lipinski definition) is 0. The zero-order valence-corrected chi connectivity index (χ0v) is 14.2. The minimum atomic E-state index is -0.242. The summed E-state index contributed by atoms with van der Waals surface area (Å²) in [6.45, 7) is 3.13. The van der Waals surface area contributed by atoms with Crippen molar-refractivity contribution in [3.63, 3.8) is 0 Å². The van der Waals surface area contributed by atoms with Gasteiger partial charge in [0, 0.05) is 25.5 Å². The number of anilines is 1. The highest BCUT2D eigenvalue weighted by Crippen LogP contribution is 2.32. The van der Waals surface area contributed by atoms with Gasteiger partial charge in [-0.25, -0.2) is 4.98 Å². The lowest BCUT2D eigenvalue weighted by Crippen LogP contribution is -2.58. The molecule has 1 spiro atoms. The second-order valence-corrected chi connectivity index (χ2v) is 6.72. The van der Waals surface area contributed by atoms with Gasteiger partial charge in [0.2, 0.25) is 5.91 Å². The number of amides is 1. The SMILES string of the molecule is O=C1COC2(CCN(c3ccccn3)CC2)CN1Cc1ccccn1. The molecule has 2 fully saturated rings. The molecule has 0 bridgehead atoms. The number of aromatic nitrogens is 2. The van der Waals surface area contributed by atoms with Gasteiger partial charge in [-0.3, -0.25) is 9.78 Å². The first-order valence-electron chi connectivity index (χ1n) is 8.72. The molecular formula is C19H22N4O2. The lowest BCUT2D eigenvalue weighted by molar-refractivity contribution is -0.168. The third kappa shape index (κ3) is 3.49. The molecule has 1 amide bonds. The van der Waals surface area contributed by atoms with Gasteiger partial charge in [-0.15, -0.1) is 0 Å². The van der Waals surface area contributed by atoms with Gasteiger partial charge in [-0.1, -0.05) is 12.1 Å². The highest BCUT2D eigenvalue weighted by molar-refractivity contribution is 5.78. The second kappa shape index (κ2) is 6.80. The molecule has 0 atom stereocenters. The summed E-state index contributed by atoms with van der Waals surface area (Å²) in [6, 6.07) is 11.8. The lowest BCUT2D eigenvalue weighted by Gasteiger charge is -2.47. The Bertz CT molecular complexity index is 715. The Hall–Kier alpha value is -2.47. The summed E-state index contributed by atoms with van der Waals surface area (Å²) in [5.74, 6) is 1.05. The predicted octanol–water partition coefficient (Wildman–Crippen LogP) is 1.87. The molecular weight excluding hydrogens is 316 g/mol. The van der Waals surface area contributed by atoms with Crippen molar-refractivity contribution in [2.45, 2.75) is 25.0 Å². The molecule has 0 saturated carbocycles. The van der Waals surface area contributed by atoms with Crippen molar-refractivity contribution in [1.29, 1.82) is 0 Å². The Morgan fingerprint density at radius 1 is 1.04 bits per heavy atom. The third-order valence-corrected chi connectivity index (χ3v) is 5.06. The number of morpholine rings is 1. The van der Waals surface area contributed by atoms with Crippen molar-refractivity contribution in [3.05, 3.63) is 54.5 Å². The van der Waals surface area contributed by atoms with Gasteiger partial charge in [-0.05, 0) is 37.1 Å². The van der Waals surface area contributed by atoms with Crippen LogP contribution < -0.4 is 4.90 Å². The van der Waals surface area contributed by atoms with Crippen molar-refractivity contribution >= 4 is 11.7 Å². The number of carbonyl (C=O) groups excluding carboxylic acids is 1. The number of nitrogens with zero attached hydrogens (tertiary/aromatic N) is 4. The summed E-state index contributed by atoms with van der Waals surface area (Å²) in [4.78, 5) is 25.2. The molecule has 0 aliphatic carbocycles. The molecule has 2 aromatic heterocycles. The zero-order valence-electron chi connectivity index (χ0n) is 14.2. The zero-order chi connectivity index (χ0) is 17.1. The highest BCUT2D eigenvalue weighted by Gasteiger charge is 2.42. The van der Waals surface area contributed by atoms with Gasteiger partial charge < -0.3 is 14.5 Å². The van der Waals surface area contributed by atoms with Gasteiger partial charge in [0.15, 0.2) is 0 Å². The maximum atomic E-state index is 12.3. The fraction of sp³-hybridized carbons (Fsp3) is 0.421. The van der Waals surface area contributed by atoms with Crippen LogP contribution in [0.2, 0.25) is 0 Å². The van der Waals surface area contributed by atoms with Gasteiger partial charge in [0.05, 0.1) is 24.4 Å². The van der Waals surface area contributed by atoms with E-state index in [1.54, 1.807) is 6.20 Å². The van der Waals surface area contributed by atoms with E-state index < -0.39 is 0 Å². The van der Waals surface area contributed by atoms with Crippen LogP contribution in [0.25, 0.3) is 0 Å². The fourth-order valence-electron chi connectivity index (χ4n) is 3.61. The topological polar surface area (TPSA) is 58.6 Å². The van der Waals surface area contributed by atoms with Crippen LogP contribution in [0.5, 0.6) is 0 Å². The normalized spacial score (nSPS) is 20.1. The van der Waals surface area contributed by atoms with Crippen LogP contribution in [-0.2, 0) is 16.1 Å². The molecule has 2 aliphatic rings. The Morgan fingerprint density at radius 3 is 2.48 bits per heavy atom. The summed E-state index contributed by atoms with van der Waals surface area (Å²) < 4.78 is 6.01. The van der Waals surface area contributed by atoms with Crippen LogP contribution in [-0.4, -0.2) is 52.6 Å². The predicted molar refractivity (Wildman–Crippen MR) is 94.0 cm³/mol. The molecule has 0 N–H and O–H groups in total. The van der Waals surface area contributed by atoms with Crippen molar-refractivity contribution in [2.75, 3.05) is 31.1 Å². The molecule has 0 radical (unpaired) electrons. The first-order chi connectivity index (χ1) is 12.2. The summed E-state index contributed by atoms with van der Waals surface area (Å²) in [5, 5.41) is 0. The Balaban J connectivity index is 1.42. The number of pyridine rings is 2. The third-order valence-electron chi connectivity index (χ3n) is 5.06. The molecule has 6 nitrogen and oxygen atoms in total. The van der Waals surface area contributed by atoms with Crippen LogP contribution in [0.4, 0.5) is 5.82 Å². The van der Waals surface area contributed by atoms with E-state index in [2.05, 4.69) is 14.9 Å². The molecule has 0 unspecified atom stereocenters. The standard InChI is InChI=1S/C19H22N4O2/c24-18-14-25-19(15-23(18)13-16-5-1-3-9-20-16)7-11-22(12-8-19)17-6-2-4-10-21-17/h1-6,9-10H,7-8,11-15H2. The fourth-order valence-corrected chi connectivity index (χ4v) is 3.61. The Morgan fingerprint density at radius 2 is 1.80 bits per heavy atom. The van der Waals surface area contributed by atoms with Crippen LogP contribution in [0.3, 0.4) is 0 Å². The van der Waals surface area contributed by atoms with E-state index in [9.17, 15) is 4.79 Å². The minimum absolute atomic E-state index is 0.0448. The van der Waals surface area contributed by atoms with Crippen molar-refractivity contribution in [1.82, 2.24) is 14.9 Å². The maximum Gasteiger partial charge on any atom is 0.249 e. The van der Waals surface area contributed by atoms with E-state index >= 15 is 0 Å². The number of carbonyl (C=O) groups is 1. The summed E-state index contributed by atoms with van der Waals surface area (Å²) in [5.41, 5.74) is 0.673. The first-order valence-corrected chi connectivity index (χ1v) is 8.72. The van der Waals surface area contributed by atoms with Crippen molar-refractivity contribution in [3.8, 4) is 0 Å². The number of ether oxygens (including phenoxy) is 1. The minimum Gasteiger partial charge on any atom is -0.363 e. The molecule has 6 heteroatoms. The number of rotatable bonds is 3. The van der Waals surface area contributed by atoms with Crippen LogP contribution >= 0.6 is 0 Å². The molecule has 130 valence electrons. The van der Waals surface area contributed by atoms with Gasteiger partial charge in [0.25, 0.3) is 0 Å². The van der Waals surface area contributed by atoms with Gasteiger partial charge >= 0.3 is 0 Å². The van der Waals surface area contributed by atoms with Crippen molar-refractivity contribution in [2.24, 2.45) is 0 Å². The average molecular weight is 338 g/mol. The molecule has 25 heavy (non-hydrogen) atoms. The molecule has 4 heterocycles. The first kappa shape index (κ1) is 16.0. The van der Waals surface area contributed by atoms with Crippen LogP contribution in [0.1, 0.15) is 18.5 Å². The van der Waals surface area contributed by atoms with E-state index in [4.69, 9.17) is 4.74 Å². The summed E-state index contributed by atoms with van der Waals surface area (Å²) >= 11 is 0. The quantitative estimate of drug-likeness (QED) is 0.855. The van der Waals surface area contributed by atoms with Crippen LogP contribution in [0.15, 0.2) is 48.8 Å². The molecule has 2 saturated heterocycles. The Labute approximate surface area is 147 Å². The second-order valence-electron chi connectivity index (χ2n) is 6.72. The monoisotopic (exact) mass is 338 g/mol. The van der Waals surface area contributed by atoms with Crippen LogP contribution in [0, 0.1) is 0 Å². The van der Waals surface area contributed by atoms with E-state index in [-0.39, 0.29) is 18.1 Å².